The summed E-state index contributed by atoms with van der Waals surface area (Å²) >= 11 is 3.43. The summed E-state index contributed by atoms with van der Waals surface area (Å²) < 4.78 is 0.956. The SMILES string of the molecule is Cc1cc(Br)cc(C)c1NC(=O)C1C(C)C=CCC1C(=O)O. The van der Waals surface area contributed by atoms with E-state index < -0.39 is 17.8 Å². The van der Waals surface area contributed by atoms with Gasteiger partial charge in [0.25, 0.3) is 0 Å². The molecule has 1 aromatic carbocycles. The van der Waals surface area contributed by atoms with Gasteiger partial charge in [-0.05, 0) is 49.4 Å². The van der Waals surface area contributed by atoms with Crippen molar-refractivity contribution in [3.8, 4) is 0 Å². The number of hydrogen-bond donors (Lipinski definition) is 2. The molecule has 0 heterocycles. The Bertz CT molecular complexity index is 616. The van der Waals surface area contributed by atoms with Crippen molar-refractivity contribution in [2.45, 2.75) is 27.2 Å². The second-order valence-corrected chi connectivity index (χ2v) is 6.81. The van der Waals surface area contributed by atoms with Crippen molar-refractivity contribution in [3.05, 3.63) is 39.9 Å². The number of hydrogen-bond acceptors (Lipinski definition) is 2. The standard InChI is InChI=1S/C17H20BrNO3/c1-9-5-4-6-13(17(21)22)14(9)16(20)19-15-10(2)7-12(18)8-11(15)3/h4-5,7-9,13-14H,6H2,1-3H3,(H,19,20)(H,21,22). The van der Waals surface area contributed by atoms with Crippen LogP contribution in [0.4, 0.5) is 5.69 Å². The number of carbonyl (C=O) groups excluding carboxylic acids is 1. The molecule has 1 amide bonds. The number of allylic oxidation sites excluding steroid dienone is 2. The molecule has 5 heteroatoms. The number of amides is 1. The summed E-state index contributed by atoms with van der Waals surface area (Å²) in [4.78, 5) is 24.1. The first kappa shape index (κ1) is 16.7. The third-order valence-corrected chi connectivity index (χ3v) is 4.65. The van der Waals surface area contributed by atoms with Crippen LogP contribution in [0.15, 0.2) is 28.8 Å². The van der Waals surface area contributed by atoms with Crippen molar-refractivity contribution in [2.24, 2.45) is 17.8 Å². The zero-order chi connectivity index (χ0) is 16.4. The molecular weight excluding hydrogens is 346 g/mol. The van der Waals surface area contributed by atoms with Crippen molar-refractivity contribution in [3.63, 3.8) is 0 Å². The van der Waals surface area contributed by atoms with Crippen LogP contribution in [0, 0.1) is 31.6 Å². The molecule has 1 aliphatic rings. The van der Waals surface area contributed by atoms with Gasteiger partial charge >= 0.3 is 5.97 Å². The van der Waals surface area contributed by atoms with Gasteiger partial charge in [-0.15, -0.1) is 0 Å². The average Bonchev–Trinajstić information content (AvgIpc) is 2.42. The number of carboxylic acid groups (broad SMARTS) is 1. The highest BCUT2D eigenvalue weighted by Crippen LogP contribution is 2.33. The molecule has 118 valence electrons. The van der Waals surface area contributed by atoms with Crippen molar-refractivity contribution in [2.75, 3.05) is 5.32 Å². The minimum Gasteiger partial charge on any atom is -0.481 e. The van der Waals surface area contributed by atoms with E-state index in [0.717, 1.165) is 21.3 Å². The van der Waals surface area contributed by atoms with Crippen LogP contribution in [0.1, 0.15) is 24.5 Å². The van der Waals surface area contributed by atoms with Gasteiger partial charge in [0.05, 0.1) is 11.8 Å². The monoisotopic (exact) mass is 365 g/mol. The van der Waals surface area contributed by atoms with Gasteiger partial charge in [-0.1, -0.05) is 35.0 Å². The molecule has 0 bridgehead atoms. The van der Waals surface area contributed by atoms with E-state index in [4.69, 9.17) is 0 Å². The van der Waals surface area contributed by atoms with Crippen LogP contribution in [-0.4, -0.2) is 17.0 Å². The molecule has 2 rings (SSSR count). The molecule has 0 saturated carbocycles. The maximum Gasteiger partial charge on any atom is 0.307 e. The largest absolute Gasteiger partial charge is 0.481 e. The third-order valence-electron chi connectivity index (χ3n) is 4.20. The molecule has 0 aliphatic heterocycles. The van der Waals surface area contributed by atoms with Gasteiger partial charge in [0, 0.05) is 10.2 Å². The minimum atomic E-state index is -0.916. The molecule has 3 unspecified atom stereocenters. The highest BCUT2D eigenvalue weighted by Gasteiger charge is 2.38. The Morgan fingerprint density at radius 1 is 1.27 bits per heavy atom. The third kappa shape index (κ3) is 3.40. The average molecular weight is 366 g/mol. The Morgan fingerprint density at radius 3 is 2.41 bits per heavy atom. The lowest BCUT2D eigenvalue weighted by atomic mass is 9.76. The number of nitrogens with one attached hydrogen (secondary N) is 1. The van der Waals surface area contributed by atoms with Gasteiger partial charge in [0.2, 0.25) is 5.91 Å². The molecule has 3 atom stereocenters. The molecule has 1 aromatic rings. The highest BCUT2D eigenvalue weighted by molar-refractivity contribution is 9.10. The molecule has 4 nitrogen and oxygen atoms in total. The Morgan fingerprint density at radius 2 is 1.86 bits per heavy atom. The van der Waals surface area contributed by atoms with Crippen molar-refractivity contribution in [1.29, 1.82) is 0 Å². The molecule has 0 spiro atoms. The Labute approximate surface area is 138 Å². The number of benzene rings is 1. The predicted octanol–water partition coefficient (Wildman–Crippen LogP) is 3.92. The summed E-state index contributed by atoms with van der Waals surface area (Å²) in [7, 11) is 0. The summed E-state index contributed by atoms with van der Waals surface area (Å²) in [6.45, 7) is 5.73. The molecule has 2 N–H and O–H groups in total. The predicted molar refractivity (Wildman–Crippen MR) is 89.8 cm³/mol. The molecule has 22 heavy (non-hydrogen) atoms. The molecule has 0 fully saturated rings. The van der Waals surface area contributed by atoms with E-state index in [1.165, 1.54) is 0 Å². The highest BCUT2D eigenvalue weighted by atomic mass is 79.9. The van der Waals surface area contributed by atoms with Crippen LogP contribution < -0.4 is 5.32 Å². The summed E-state index contributed by atoms with van der Waals surface area (Å²) in [6.07, 6.45) is 4.17. The van der Waals surface area contributed by atoms with Crippen LogP contribution in [0.5, 0.6) is 0 Å². The topological polar surface area (TPSA) is 66.4 Å². The number of halogens is 1. The molecule has 0 saturated heterocycles. The van der Waals surface area contributed by atoms with Crippen molar-refractivity contribution < 1.29 is 14.7 Å². The number of anilines is 1. The quantitative estimate of drug-likeness (QED) is 0.797. The maximum absolute atomic E-state index is 12.7. The van der Waals surface area contributed by atoms with Crippen LogP contribution in [0.3, 0.4) is 0 Å². The van der Waals surface area contributed by atoms with Gasteiger partial charge in [-0.2, -0.15) is 0 Å². The minimum absolute atomic E-state index is 0.0917. The van der Waals surface area contributed by atoms with Crippen molar-refractivity contribution in [1.82, 2.24) is 0 Å². The molecule has 1 aliphatic carbocycles. The smallest absolute Gasteiger partial charge is 0.307 e. The van der Waals surface area contributed by atoms with E-state index in [-0.39, 0.29) is 11.8 Å². The zero-order valence-corrected chi connectivity index (χ0v) is 14.5. The second-order valence-electron chi connectivity index (χ2n) is 5.90. The van der Waals surface area contributed by atoms with Crippen LogP contribution in [-0.2, 0) is 9.59 Å². The van der Waals surface area contributed by atoms with E-state index in [9.17, 15) is 14.7 Å². The first-order chi connectivity index (χ1) is 10.3. The number of aliphatic carboxylic acids is 1. The Balaban J connectivity index is 2.28. The molecular formula is C17H20BrNO3. The summed E-state index contributed by atoms with van der Waals surface area (Å²) in [5, 5.41) is 12.3. The zero-order valence-electron chi connectivity index (χ0n) is 12.9. The lowest BCUT2D eigenvalue weighted by molar-refractivity contribution is -0.147. The Hall–Kier alpha value is -1.62. The molecule has 0 aromatic heterocycles. The van der Waals surface area contributed by atoms with E-state index in [1.54, 1.807) is 0 Å². The maximum atomic E-state index is 12.7. The van der Waals surface area contributed by atoms with Gasteiger partial charge in [0.1, 0.15) is 0 Å². The number of carbonyl (C=O) groups is 2. The Kier molecular flexibility index (Phi) is 5.06. The summed E-state index contributed by atoms with van der Waals surface area (Å²) in [5.74, 6) is -2.45. The fraction of sp³-hybridized carbons (Fsp3) is 0.412. The second kappa shape index (κ2) is 6.65. The van der Waals surface area contributed by atoms with E-state index in [0.29, 0.717) is 6.42 Å². The van der Waals surface area contributed by atoms with Crippen LogP contribution >= 0.6 is 15.9 Å². The fourth-order valence-corrected chi connectivity index (χ4v) is 3.75. The van der Waals surface area contributed by atoms with Crippen molar-refractivity contribution >= 4 is 33.5 Å². The van der Waals surface area contributed by atoms with E-state index >= 15 is 0 Å². The van der Waals surface area contributed by atoms with E-state index in [2.05, 4.69) is 21.2 Å². The molecule has 0 radical (unpaired) electrons. The summed E-state index contributed by atoms with van der Waals surface area (Å²) in [6, 6.07) is 3.86. The van der Waals surface area contributed by atoms with Gasteiger partial charge in [-0.3, -0.25) is 9.59 Å². The fourth-order valence-electron chi connectivity index (χ4n) is 3.06. The number of aryl methyl sites for hydroxylation is 2. The first-order valence-corrected chi connectivity index (χ1v) is 8.07. The van der Waals surface area contributed by atoms with Gasteiger partial charge in [0.15, 0.2) is 0 Å². The normalized spacial score (nSPS) is 24.1. The van der Waals surface area contributed by atoms with Gasteiger partial charge in [-0.25, -0.2) is 0 Å². The number of rotatable bonds is 3. The first-order valence-electron chi connectivity index (χ1n) is 7.28. The number of carboxylic acids is 1. The van der Waals surface area contributed by atoms with Gasteiger partial charge < -0.3 is 10.4 Å². The lowest BCUT2D eigenvalue weighted by Crippen LogP contribution is -2.39. The van der Waals surface area contributed by atoms with E-state index in [1.807, 2.05) is 45.1 Å². The lowest BCUT2D eigenvalue weighted by Gasteiger charge is -2.29. The summed E-state index contributed by atoms with van der Waals surface area (Å²) in [5.41, 5.74) is 2.66. The van der Waals surface area contributed by atoms with Crippen LogP contribution in [0.25, 0.3) is 0 Å². The van der Waals surface area contributed by atoms with Crippen LogP contribution in [0.2, 0.25) is 0 Å².